The summed E-state index contributed by atoms with van der Waals surface area (Å²) >= 11 is 0. The van der Waals surface area contributed by atoms with Gasteiger partial charge in [0.1, 0.15) is 12.0 Å². The third-order valence-corrected chi connectivity index (χ3v) is 4.81. The Bertz CT molecular complexity index is 860. The average molecular weight is 399 g/mol. The van der Waals surface area contributed by atoms with E-state index in [-0.39, 0.29) is 11.1 Å². The molecule has 2 aromatic rings. The Kier molecular flexibility index (Phi) is 6.48. The van der Waals surface area contributed by atoms with Gasteiger partial charge < -0.3 is 25.4 Å². The topological polar surface area (TPSA) is 120 Å². The molecular formula is C20H25N5O4. The molecule has 0 aliphatic carbocycles. The van der Waals surface area contributed by atoms with Crippen LogP contribution in [0.5, 0.6) is 0 Å². The molecule has 29 heavy (non-hydrogen) atoms. The zero-order valence-corrected chi connectivity index (χ0v) is 16.6. The van der Waals surface area contributed by atoms with Crippen molar-refractivity contribution in [3.63, 3.8) is 0 Å². The van der Waals surface area contributed by atoms with Crippen molar-refractivity contribution in [3.8, 4) is 0 Å². The van der Waals surface area contributed by atoms with Crippen molar-refractivity contribution in [1.29, 1.82) is 0 Å². The predicted octanol–water partition coefficient (Wildman–Crippen LogP) is 2.76. The molecular weight excluding hydrogens is 374 g/mol. The van der Waals surface area contributed by atoms with Gasteiger partial charge in [-0.25, -0.2) is 19.6 Å². The van der Waals surface area contributed by atoms with Crippen molar-refractivity contribution in [2.24, 2.45) is 0 Å². The Labute approximate surface area is 169 Å². The van der Waals surface area contributed by atoms with Crippen molar-refractivity contribution in [2.75, 3.05) is 43.3 Å². The molecule has 0 bridgehead atoms. The van der Waals surface area contributed by atoms with Crippen molar-refractivity contribution in [2.45, 2.75) is 25.7 Å². The molecule has 1 fully saturated rings. The lowest BCUT2D eigenvalue weighted by Crippen LogP contribution is -2.26. The SMILES string of the molecule is COC(=O)c1cc(Nc2ncnc(N3CCCCCC3)c2N)cc(C(=O)OC)c1. The highest BCUT2D eigenvalue weighted by atomic mass is 16.5. The molecule has 0 saturated carbocycles. The summed E-state index contributed by atoms with van der Waals surface area (Å²) in [7, 11) is 2.55. The van der Waals surface area contributed by atoms with Crippen LogP contribution in [0.1, 0.15) is 46.4 Å². The number of nitrogens with one attached hydrogen (secondary N) is 1. The Morgan fingerprint density at radius 2 is 1.55 bits per heavy atom. The molecule has 3 N–H and O–H groups in total. The van der Waals surface area contributed by atoms with Gasteiger partial charge in [-0.3, -0.25) is 0 Å². The summed E-state index contributed by atoms with van der Waals surface area (Å²) in [5.74, 6) is -0.0572. The zero-order chi connectivity index (χ0) is 20.8. The van der Waals surface area contributed by atoms with Crippen LogP contribution >= 0.6 is 0 Å². The van der Waals surface area contributed by atoms with Crippen LogP contribution in [0.2, 0.25) is 0 Å². The molecule has 0 radical (unpaired) electrons. The molecule has 0 unspecified atom stereocenters. The number of methoxy groups -OCH3 is 2. The first-order chi connectivity index (χ1) is 14.0. The highest BCUT2D eigenvalue weighted by Crippen LogP contribution is 2.30. The maximum absolute atomic E-state index is 12.0. The van der Waals surface area contributed by atoms with E-state index in [1.165, 1.54) is 39.5 Å². The van der Waals surface area contributed by atoms with Gasteiger partial charge in [-0.1, -0.05) is 12.8 Å². The second-order valence-electron chi connectivity index (χ2n) is 6.77. The van der Waals surface area contributed by atoms with Crippen LogP contribution in [-0.4, -0.2) is 49.2 Å². The minimum Gasteiger partial charge on any atom is -0.465 e. The first-order valence-corrected chi connectivity index (χ1v) is 9.47. The molecule has 1 saturated heterocycles. The first-order valence-electron chi connectivity index (χ1n) is 9.47. The Balaban J connectivity index is 1.93. The summed E-state index contributed by atoms with van der Waals surface area (Å²) in [6.07, 6.45) is 6.03. The van der Waals surface area contributed by atoms with E-state index in [0.717, 1.165) is 25.9 Å². The predicted molar refractivity (Wildman–Crippen MR) is 110 cm³/mol. The number of benzene rings is 1. The maximum atomic E-state index is 12.0. The lowest BCUT2D eigenvalue weighted by Gasteiger charge is -2.23. The number of ether oxygens (including phenoxy) is 2. The number of hydrogen-bond donors (Lipinski definition) is 2. The monoisotopic (exact) mass is 399 g/mol. The van der Waals surface area contributed by atoms with Gasteiger partial charge in [0.05, 0.1) is 25.3 Å². The molecule has 1 aliphatic heterocycles. The van der Waals surface area contributed by atoms with Crippen LogP contribution in [0, 0.1) is 0 Å². The van der Waals surface area contributed by atoms with Gasteiger partial charge in [0, 0.05) is 18.8 Å². The van der Waals surface area contributed by atoms with E-state index in [2.05, 4.69) is 20.2 Å². The van der Waals surface area contributed by atoms with Crippen LogP contribution in [0.15, 0.2) is 24.5 Å². The maximum Gasteiger partial charge on any atom is 0.337 e. The number of carbonyl (C=O) groups excluding carboxylic acids is 2. The Hall–Kier alpha value is -3.36. The summed E-state index contributed by atoms with van der Waals surface area (Å²) in [5.41, 5.74) is 7.64. The number of hydrogen-bond acceptors (Lipinski definition) is 9. The van der Waals surface area contributed by atoms with Crippen LogP contribution in [0.4, 0.5) is 23.0 Å². The molecule has 0 amide bonds. The van der Waals surface area contributed by atoms with E-state index in [1.807, 2.05) is 0 Å². The third-order valence-electron chi connectivity index (χ3n) is 4.81. The number of nitrogen functional groups attached to an aromatic ring is 1. The van der Waals surface area contributed by atoms with Crippen molar-refractivity contribution >= 4 is 34.9 Å². The summed E-state index contributed by atoms with van der Waals surface area (Å²) < 4.78 is 9.54. The highest BCUT2D eigenvalue weighted by molar-refractivity contribution is 5.97. The number of esters is 2. The first kappa shape index (κ1) is 20.4. The molecule has 2 heterocycles. The molecule has 0 atom stereocenters. The smallest absolute Gasteiger partial charge is 0.337 e. The number of carbonyl (C=O) groups is 2. The van der Waals surface area contributed by atoms with E-state index >= 15 is 0 Å². The fourth-order valence-electron chi connectivity index (χ4n) is 3.33. The zero-order valence-electron chi connectivity index (χ0n) is 16.6. The standard InChI is InChI=1S/C20H25N5O4/c1-28-19(26)13-9-14(20(27)29-2)11-15(10-13)24-17-16(21)18(23-12-22-17)25-7-5-3-4-6-8-25/h9-12H,3-8,21H2,1-2H3,(H,22,23,24). The molecule has 1 aliphatic rings. The Morgan fingerprint density at radius 3 is 2.10 bits per heavy atom. The molecule has 9 nitrogen and oxygen atoms in total. The Morgan fingerprint density at radius 1 is 0.966 bits per heavy atom. The molecule has 1 aromatic carbocycles. The van der Waals surface area contributed by atoms with Gasteiger partial charge in [-0.2, -0.15) is 0 Å². The number of aromatic nitrogens is 2. The summed E-state index contributed by atoms with van der Waals surface area (Å²) in [6.45, 7) is 1.79. The minimum atomic E-state index is -0.570. The van der Waals surface area contributed by atoms with E-state index < -0.39 is 11.9 Å². The normalized spacial score (nSPS) is 14.1. The van der Waals surface area contributed by atoms with E-state index in [0.29, 0.717) is 23.0 Å². The molecule has 3 rings (SSSR count). The van der Waals surface area contributed by atoms with Crippen LogP contribution in [0.3, 0.4) is 0 Å². The number of anilines is 4. The summed E-state index contributed by atoms with van der Waals surface area (Å²) in [5, 5.41) is 3.09. The van der Waals surface area contributed by atoms with Crippen LogP contribution in [-0.2, 0) is 9.47 Å². The fourth-order valence-corrected chi connectivity index (χ4v) is 3.33. The molecule has 154 valence electrons. The summed E-state index contributed by atoms with van der Waals surface area (Å²) in [6, 6.07) is 4.53. The molecule has 1 aromatic heterocycles. The van der Waals surface area contributed by atoms with Gasteiger partial charge in [-0.15, -0.1) is 0 Å². The second-order valence-corrected chi connectivity index (χ2v) is 6.77. The van der Waals surface area contributed by atoms with Crippen LogP contribution in [0.25, 0.3) is 0 Å². The summed E-state index contributed by atoms with van der Waals surface area (Å²) in [4.78, 5) is 34.7. The van der Waals surface area contributed by atoms with Gasteiger partial charge >= 0.3 is 11.9 Å². The largest absolute Gasteiger partial charge is 0.465 e. The molecule has 0 spiro atoms. The van der Waals surface area contributed by atoms with Crippen LogP contribution < -0.4 is 16.0 Å². The number of nitrogens with zero attached hydrogens (tertiary/aromatic N) is 3. The lowest BCUT2D eigenvalue weighted by molar-refractivity contribution is 0.0599. The van der Waals surface area contributed by atoms with Gasteiger partial charge in [0.15, 0.2) is 11.6 Å². The van der Waals surface area contributed by atoms with E-state index in [4.69, 9.17) is 15.2 Å². The quantitative estimate of drug-likeness (QED) is 0.731. The highest BCUT2D eigenvalue weighted by Gasteiger charge is 2.18. The van der Waals surface area contributed by atoms with Crippen molar-refractivity contribution in [1.82, 2.24) is 9.97 Å². The van der Waals surface area contributed by atoms with Gasteiger partial charge in [0.25, 0.3) is 0 Å². The number of nitrogens with two attached hydrogens (primary N) is 1. The molecule has 9 heteroatoms. The third kappa shape index (κ3) is 4.74. The van der Waals surface area contributed by atoms with E-state index in [1.54, 1.807) is 12.1 Å². The second kappa shape index (κ2) is 9.22. The van der Waals surface area contributed by atoms with Crippen molar-refractivity contribution < 1.29 is 19.1 Å². The van der Waals surface area contributed by atoms with Crippen molar-refractivity contribution in [3.05, 3.63) is 35.7 Å². The van der Waals surface area contributed by atoms with Gasteiger partial charge in [-0.05, 0) is 31.0 Å². The van der Waals surface area contributed by atoms with E-state index in [9.17, 15) is 9.59 Å². The minimum absolute atomic E-state index is 0.207. The fraction of sp³-hybridized carbons (Fsp3) is 0.400. The number of rotatable bonds is 5. The average Bonchev–Trinajstić information content (AvgIpc) is 3.03. The lowest BCUT2D eigenvalue weighted by atomic mass is 10.1. The van der Waals surface area contributed by atoms with Gasteiger partial charge in [0.2, 0.25) is 0 Å².